The summed E-state index contributed by atoms with van der Waals surface area (Å²) in [7, 11) is 0. The summed E-state index contributed by atoms with van der Waals surface area (Å²) in [5.41, 5.74) is 0. The third kappa shape index (κ3) is 1.54. The van der Waals surface area contributed by atoms with Crippen molar-refractivity contribution < 1.29 is 27.0 Å². The Kier molecular flexibility index (Phi) is 2.08. The highest BCUT2D eigenvalue weighted by Gasteiger charge is 2.56. The van der Waals surface area contributed by atoms with Gasteiger partial charge in [0.1, 0.15) is 0 Å². The van der Waals surface area contributed by atoms with Gasteiger partial charge in [0.05, 0.1) is 0 Å². The lowest BCUT2D eigenvalue weighted by Crippen LogP contribution is -2.54. The fourth-order valence-electron chi connectivity index (χ4n) is 0.800. The molecule has 0 radical (unpaired) electrons. The Labute approximate surface area is 66.4 Å². The van der Waals surface area contributed by atoms with E-state index >= 15 is 0 Å². The molecule has 0 amide bonds. The maximum atomic E-state index is 12.5. The van der Waals surface area contributed by atoms with Gasteiger partial charge in [-0.15, -0.1) is 0 Å². The van der Waals surface area contributed by atoms with E-state index in [0.29, 0.717) is 0 Å². The first-order valence-electron chi connectivity index (χ1n) is 3.37. The molecule has 12 heavy (non-hydrogen) atoms. The zero-order valence-electron chi connectivity index (χ0n) is 6.48. The van der Waals surface area contributed by atoms with E-state index < -0.39 is 24.4 Å². The fraction of sp³-hybridized carbons (Fsp3) is 1.00. The van der Waals surface area contributed by atoms with Crippen molar-refractivity contribution in [3.05, 3.63) is 0 Å². The smallest absolute Gasteiger partial charge is 0.306 e. The lowest BCUT2D eigenvalue weighted by Gasteiger charge is -2.37. The normalized spacial score (nSPS) is 39.5. The molecule has 0 spiro atoms. The Morgan fingerprint density at radius 1 is 0.833 bits per heavy atom. The topological polar surface area (TPSA) is 18.5 Å². The van der Waals surface area contributed by atoms with E-state index in [0.717, 1.165) is 13.8 Å². The van der Waals surface area contributed by atoms with Crippen LogP contribution in [0.1, 0.15) is 13.8 Å². The molecule has 1 aliphatic rings. The van der Waals surface area contributed by atoms with Gasteiger partial charge in [-0.1, -0.05) is 0 Å². The Balaban J connectivity index is 2.76. The van der Waals surface area contributed by atoms with Gasteiger partial charge in [0.25, 0.3) is 0 Å². The molecule has 0 N–H and O–H groups in total. The van der Waals surface area contributed by atoms with Crippen molar-refractivity contribution in [2.75, 3.05) is 0 Å². The van der Waals surface area contributed by atoms with Crippen molar-refractivity contribution in [3.8, 4) is 0 Å². The molecule has 1 aliphatic heterocycles. The summed E-state index contributed by atoms with van der Waals surface area (Å²) in [6, 6.07) is 0. The molecule has 0 aliphatic carbocycles. The van der Waals surface area contributed by atoms with Gasteiger partial charge in [0.2, 0.25) is 0 Å². The maximum absolute atomic E-state index is 12.5. The van der Waals surface area contributed by atoms with Crippen molar-refractivity contribution in [2.45, 2.75) is 38.3 Å². The second-order valence-corrected chi connectivity index (χ2v) is 2.64. The van der Waals surface area contributed by atoms with Gasteiger partial charge in [-0.3, -0.25) is 0 Å². The van der Waals surface area contributed by atoms with E-state index in [1.807, 2.05) is 0 Å². The standard InChI is InChI=1S/C6H8F4O2/c1-3-5(7,8)12-4(2)6(9,10)11-3/h3-4H,1-2H3/t3-,4-/m0/s1. The molecule has 1 rings (SSSR count). The number of ether oxygens (including phenoxy) is 2. The van der Waals surface area contributed by atoms with Crippen molar-refractivity contribution in [3.63, 3.8) is 0 Å². The average molecular weight is 188 g/mol. The summed E-state index contributed by atoms with van der Waals surface area (Å²) in [5.74, 6) is 0. The van der Waals surface area contributed by atoms with Crippen LogP contribution in [-0.4, -0.2) is 24.4 Å². The number of rotatable bonds is 0. The molecule has 0 aromatic heterocycles. The highest BCUT2D eigenvalue weighted by molar-refractivity contribution is 4.77. The molecule has 2 atom stereocenters. The number of alkyl halides is 4. The van der Waals surface area contributed by atoms with Gasteiger partial charge < -0.3 is 9.47 Å². The molecule has 6 heteroatoms. The van der Waals surface area contributed by atoms with Crippen LogP contribution in [0.4, 0.5) is 17.6 Å². The number of hydrogen-bond acceptors (Lipinski definition) is 2. The third-order valence-electron chi connectivity index (χ3n) is 1.61. The molecule has 0 saturated carbocycles. The molecule has 2 nitrogen and oxygen atoms in total. The quantitative estimate of drug-likeness (QED) is 0.541. The first-order chi connectivity index (χ1) is 5.26. The van der Waals surface area contributed by atoms with E-state index in [2.05, 4.69) is 9.47 Å². The van der Waals surface area contributed by atoms with Crippen LogP contribution >= 0.6 is 0 Å². The van der Waals surface area contributed by atoms with E-state index in [9.17, 15) is 17.6 Å². The van der Waals surface area contributed by atoms with Crippen molar-refractivity contribution in [2.24, 2.45) is 0 Å². The van der Waals surface area contributed by atoms with Crippen LogP contribution in [0.5, 0.6) is 0 Å². The zero-order valence-corrected chi connectivity index (χ0v) is 6.48. The Bertz CT molecular complexity index is 162. The number of halogens is 4. The number of hydrogen-bond donors (Lipinski definition) is 0. The van der Waals surface area contributed by atoms with Gasteiger partial charge in [-0.2, -0.15) is 17.6 Å². The minimum absolute atomic E-state index is 0.833. The first kappa shape index (κ1) is 9.73. The van der Waals surface area contributed by atoms with Crippen molar-refractivity contribution in [1.82, 2.24) is 0 Å². The predicted molar refractivity (Wildman–Crippen MR) is 31.0 cm³/mol. The van der Waals surface area contributed by atoms with Crippen LogP contribution in [0.15, 0.2) is 0 Å². The van der Waals surface area contributed by atoms with Crippen LogP contribution in [0, 0.1) is 0 Å². The molecule has 1 saturated heterocycles. The molecule has 1 fully saturated rings. The highest BCUT2D eigenvalue weighted by atomic mass is 19.3. The van der Waals surface area contributed by atoms with Crippen LogP contribution in [0.25, 0.3) is 0 Å². The van der Waals surface area contributed by atoms with Gasteiger partial charge in [-0.05, 0) is 13.8 Å². The van der Waals surface area contributed by atoms with E-state index in [1.54, 1.807) is 0 Å². The Morgan fingerprint density at radius 2 is 1.08 bits per heavy atom. The van der Waals surface area contributed by atoms with Gasteiger partial charge in [0, 0.05) is 0 Å². The zero-order chi connectivity index (χ0) is 9.57. The van der Waals surface area contributed by atoms with Crippen LogP contribution in [0.2, 0.25) is 0 Å². The minimum atomic E-state index is -3.64. The minimum Gasteiger partial charge on any atom is -0.306 e. The van der Waals surface area contributed by atoms with E-state index in [4.69, 9.17) is 0 Å². The predicted octanol–water partition coefficient (Wildman–Crippen LogP) is 2.00. The highest BCUT2D eigenvalue weighted by Crippen LogP contribution is 2.38. The lowest BCUT2D eigenvalue weighted by molar-refractivity contribution is -0.448. The molecule has 72 valence electrons. The van der Waals surface area contributed by atoms with Crippen LogP contribution in [0.3, 0.4) is 0 Å². The fourth-order valence-corrected chi connectivity index (χ4v) is 0.800. The molecule has 0 unspecified atom stereocenters. The summed E-state index contributed by atoms with van der Waals surface area (Å²) in [4.78, 5) is 0. The maximum Gasteiger partial charge on any atom is 0.382 e. The molecular formula is C6H8F4O2. The lowest BCUT2D eigenvalue weighted by atomic mass is 10.3. The van der Waals surface area contributed by atoms with Gasteiger partial charge in [0.15, 0.2) is 12.2 Å². The molecule has 0 bridgehead atoms. The van der Waals surface area contributed by atoms with E-state index in [-0.39, 0.29) is 0 Å². The molecule has 0 aromatic rings. The largest absolute Gasteiger partial charge is 0.382 e. The second kappa shape index (κ2) is 2.56. The van der Waals surface area contributed by atoms with Crippen molar-refractivity contribution >= 4 is 0 Å². The Hall–Kier alpha value is -0.360. The van der Waals surface area contributed by atoms with Gasteiger partial charge >= 0.3 is 12.2 Å². The molecule has 1 heterocycles. The van der Waals surface area contributed by atoms with Crippen LogP contribution in [-0.2, 0) is 9.47 Å². The van der Waals surface area contributed by atoms with Crippen molar-refractivity contribution in [1.29, 1.82) is 0 Å². The first-order valence-corrected chi connectivity index (χ1v) is 3.37. The average Bonchev–Trinajstić information content (AvgIpc) is 1.82. The summed E-state index contributed by atoms with van der Waals surface area (Å²) >= 11 is 0. The van der Waals surface area contributed by atoms with Gasteiger partial charge in [-0.25, -0.2) is 0 Å². The molecular weight excluding hydrogens is 180 g/mol. The summed E-state index contributed by atoms with van der Waals surface area (Å²) in [6.07, 6.45) is -11.1. The SMILES string of the molecule is C[C@@H]1OC(F)(F)[C@H](C)OC1(F)F. The monoisotopic (exact) mass is 188 g/mol. The summed E-state index contributed by atoms with van der Waals surface area (Å²) in [5, 5.41) is 0. The third-order valence-corrected chi connectivity index (χ3v) is 1.61. The Morgan fingerprint density at radius 3 is 1.33 bits per heavy atom. The summed E-state index contributed by atoms with van der Waals surface area (Å²) < 4.78 is 57.6. The van der Waals surface area contributed by atoms with E-state index in [1.165, 1.54) is 0 Å². The second-order valence-electron chi connectivity index (χ2n) is 2.64. The molecule has 0 aromatic carbocycles. The van der Waals surface area contributed by atoms with Crippen LogP contribution < -0.4 is 0 Å². The summed E-state index contributed by atoms with van der Waals surface area (Å²) in [6.45, 7) is 1.67.